The van der Waals surface area contributed by atoms with Crippen LogP contribution in [0, 0.1) is 0 Å². The van der Waals surface area contributed by atoms with Crippen molar-refractivity contribution in [3.8, 4) is 0 Å². The number of nitrogens with two attached hydrogens (primary N) is 1. The molecule has 4 heteroatoms. The molecule has 0 radical (unpaired) electrons. The quantitative estimate of drug-likeness (QED) is 0.821. The molecule has 3 rings (SSSR count). The van der Waals surface area contributed by atoms with Gasteiger partial charge in [0, 0.05) is 24.5 Å². The summed E-state index contributed by atoms with van der Waals surface area (Å²) in [6, 6.07) is 8.73. The molecule has 2 heterocycles. The summed E-state index contributed by atoms with van der Waals surface area (Å²) in [6.45, 7) is 2.13. The van der Waals surface area contributed by atoms with E-state index in [0.717, 1.165) is 31.4 Å². The van der Waals surface area contributed by atoms with Crippen molar-refractivity contribution in [2.45, 2.75) is 18.9 Å². The van der Waals surface area contributed by atoms with Crippen molar-refractivity contribution in [3.63, 3.8) is 0 Å². The first-order valence-corrected chi connectivity index (χ1v) is 6.47. The molecule has 1 aromatic heterocycles. The van der Waals surface area contributed by atoms with Gasteiger partial charge in [-0.15, -0.1) is 0 Å². The minimum atomic E-state index is 0.385. The number of nitrogens with zero attached hydrogens (tertiary/aromatic N) is 2. The maximum atomic E-state index is 5.92. The van der Waals surface area contributed by atoms with Crippen molar-refractivity contribution in [1.29, 1.82) is 0 Å². The van der Waals surface area contributed by atoms with Crippen molar-refractivity contribution in [3.05, 3.63) is 24.3 Å². The van der Waals surface area contributed by atoms with E-state index in [1.54, 1.807) is 11.5 Å². The Kier molecular flexibility index (Phi) is 2.53. The molecular formula is C12H15N3S. The SMILES string of the molecule is NC1CCN(c2snc3ccccc23)CC1. The van der Waals surface area contributed by atoms with E-state index < -0.39 is 0 Å². The van der Waals surface area contributed by atoms with Crippen LogP contribution in [0.3, 0.4) is 0 Å². The number of benzene rings is 1. The first-order chi connectivity index (χ1) is 7.84. The molecule has 3 nitrogen and oxygen atoms in total. The number of anilines is 1. The van der Waals surface area contributed by atoms with Crippen LogP contribution < -0.4 is 10.6 Å². The van der Waals surface area contributed by atoms with E-state index >= 15 is 0 Å². The fourth-order valence-electron chi connectivity index (χ4n) is 2.21. The Hall–Kier alpha value is -1.13. The Balaban J connectivity index is 1.94. The predicted molar refractivity (Wildman–Crippen MR) is 69.0 cm³/mol. The second-order valence-electron chi connectivity index (χ2n) is 4.33. The van der Waals surface area contributed by atoms with Gasteiger partial charge in [-0.2, -0.15) is 4.37 Å². The molecule has 0 bridgehead atoms. The fraction of sp³-hybridized carbons (Fsp3) is 0.417. The molecule has 16 heavy (non-hydrogen) atoms. The van der Waals surface area contributed by atoms with Gasteiger partial charge >= 0.3 is 0 Å². The fourth-order valence-corrected chi connectivity index (χ4v) is 3.12. The zero-order valence-electron chi connectivity index (χ0n) is 9.10. The Bertz CT molecular complexity index is 486. The van der Waals surface area contributed by atoms with Gasteiger partial charge in [0.2, 0.25) is 0 Å². The van der Waals surface area contributed by atoms with Gasteiger partial charge in [-0.1, -0.05) is 12.1 Å². The molecule has 2 N–H and O–H groups in total. The first kappa shape index (κ1) is 10.1. The standard InChI is InChI=1S/C12H15N3S/c13-9-5-7-15(8-6-9)12-10-3-1-2-4-11(10)14-16-12/h1-4,9H,5-8,13H2. The highest BCUT2D eigenvalue weighted by Crippen LogP contribution is 2.32. The molecule has 1 fully saturated rings. The number of hydrogen-bond acceptors (Lipinski definition) is 4. The molecule has 0 saturated carbocycles. The van der Waals surface area contributed by atoms with Crippen LogP contribution in [-0.2, 0) is 0 Å². The molecule has 84 valence electrons. The molecule has 0 unspecified atom stereocenters. The summed E-state index contributed by atoms with van der Waals surface area (Å²) in [5, 5.41) is 2.59. The Morgan fingerprint density at radius 3 is 2.81 bits per heavy atom. The number of aromatic nitrogens is 1. The lowest BCUT2D eigenvalue weighted by Crippen LogP contribution is -2.39. The van der Waals surface area contributed by atoms with E-state index in [4.69, 9.17) is 5.73 Å². The molecule has 0 aliphatic carbocycles. The number of hydrogen-bond donors (Lipinski definition) is 1. The van der Waals surface area contributed by atoms with E-state index in [1.165, 1.54) is 10.4 Å². The van der Waals surface area contributed by atoms with Crippen molar-refractivity contribution in [1.82, 2.24) is 4.37 Å². The Labute approximate surface area is 99.0 Å². The van der Waals surface area contributed by atoms with Crippen LogP contribution >= 0.6 is 11.5 Å². The summed E-state index contributed by atoms with van der Waals surface area (Å²) in [5.74, 6) is 0. The highest BCUT2D eigenvalue weighted by atomic mass is 32.1. The third kappa shape index (κ3) is 1.68. The topological polar surface area (TPSA) is 42.1 Å². The number of piperidine rings is 1. The third-order valence-corrected chi connectivity index (χ3v) is 4.13. The van der Waals surface area contributed by atoms with Gasteiger partial charge in [0.25, 0.3) is 0 Å². The Morgan fingerprint density at radius 2 is 2.00 bits per heavy atom. The normalized spacial score (nSPS) is 18.2. The maximum Gasteiger partial charge on any atom is 0.119 e. The van der Waals surface area contributed by atoms with Gasteiger partial charge in [0.05, 0.1) is 5.52 Å². The van der Waals surface area contributed by atoms with Crippen LogP contribution in [0.25, 0.3) is 10.9 Å². The lowest BCUT2D eigenvalue weighted by Gasteiger charge is -2.30. The largest absolute Gasteiger partial charge is 0.362 e. The van der Waals surface area contributed by atoms with Gasteiger partial charge in [-0.05, 0) is 36.5 Å². The molecule has 0 amide bonds. The highest BCUT2D eigenvalue weighted by molar-refractivity contribution is 7.11. The van der Waals surface area contributed by atoms with Crippen LogP contribution in [0.1, 0.15) is 12.8 Å². The summed E-state index contributed by atoms with van der Waals surface area (Å²) in [6.07, 6.45) is 2.18. The molecule has 0 spiro atoms. The van der Waals surface area contributed by atoms with Crippen LogP contribution in [0.5, 0.6) is 0 Å². The van der Waals surface area contributed by atoms with Crippen LogP contribution in [0.2, 0.25) is 0 Å². The van der Waals surface area contributed by atoms with Crippen molar-refractivity contribution in [2.75, 3.05) is 18.0 Å². The molecule has 1 saturated heterocycles. The maximum absolute atomic E-state index is 5.92. The minimum absolute atomic E-state index is 0.385. The zero-order chi connectivity index (χ0) is 11.0. The van der Waals surface area contributed by atoms with Gasteiger partial charge in [-0.3, -0.25) is 0 Å². The minimum Gasteiger partial charge on any atom is -0.362 e. The van der Waals surface area contributed by atoms with Crippen LogP contribution in [0.15, 0.2) is 24.3 Å². The van der Waals surface area contributed by atoms with Gasteiger partial charge < -0.3 is 10.6 Å². The molecule has 1 aliphatic rings. The van der Waals surface area contributed by atoms with Crippen molar-refractivity contribution in [2.24, 2.45) is 5.73 Å². The second kappa shape index (κ2) is 4.03. The average molecular weight is 233 g/mol. The van der Waals surface area contributed by atoms with E-state index in [0.29, 0.717) is 6.04 Å². The number of fused-ring (bicyclic) bond motifs is 1. The van der Waals surface area contributed by atoms with Gasteiger partial charge in [0.1, 0.15) is 5.00 Å². The van der Waals surface area contributed by atoms with Gasteiger partial charge in [0.15, 0.2) is 0 Å². The summed E-state index contributed by atoms with van der Waals surface area (Å²) >= 11 is 1.61. The molecule has 0 atom stereocenters. The summed E-state index contributed by atoms with van der Waals surface area (Å²) in [5.41, 5.74) is 7.03. The first-order valence-electron chi connectivity index (χ1n) is 5.69. The van der Waals surface area contributed by atoms with Crippen molar-refractivity contribution >= 4 is 27.4 Å². The van der Waals surface area contributed by atoms with E-state index in [-0.39, 0.29) is 0 Å². The monoisotopic (exact) mass is 233 g/mol. The second-order valence-corrected chi connectivity index (χ2v) is 5.08. The lowest BCUT2D eigenvalue weighted by molar-refractivity contribution is 0.503. The number of rotatable bonds is 1. The molecule has 1 aromatic carbocycles. The lowest BCUT2D eigenvalue weighted by atomic mass is 10.1. The summed E-state index contributed by atoms with van der Waals surface area (Å²) in [4.78, 5) is 2.42. The van der Waals surface area contributed by atoms with Crippen molar-refractivity contribution < 1.29 is 0 Å². The predicted octanol–water partition coefficient (Wildman–Crippen LogP) is 2.22. The third-order valence-electron chi connectivity index (χ3n) is 3.19. The van der Waals surface area contributed by atoms with E-state index in [1.807, 2.05) is 6.07 Å². The molecule has 2 aromatic rings. The average Bonchev–Trinajstić information content (AvgIpc) is 2.74. The van der Waals surface area contributed by atoms with E-state index in [2.05, 4.69) is 27.5 Å². The van der Waals surface area contributed by atoms with Gasteiger partial charge in [-0.25, -0.2) is 0 Å². The Morgan fingerprint density at radius 1 is 1.25 bits per heavy atom. The summed E-state index contributed by atoms with van der Waals surface area (Å²) < 4.78 is 4.48. The summed E-state index contributed by atoms with van der Waals surface area (Å²) in [7, 11) is 0. The molecular weight excluding hydrogens is 218 g/mol. The van der Waals surface area contributed by atoms with E-state index in [9.17, 15) is 0 Å². The highest BCUT2D eigenvalue weighted by Gasteiger charge is 2.19. The molecule has 1 aliphatic heterocycles. The van der Waals surface area contributed by atoms with Crippen LogP contribution in [-0.4, -0.2) is 23.5 Å². The smallest absolute Gasteiger partial charge is 0.119 e. The zero-order valence-corrected chi connectivity index (χ0v) is 9.91. The van der Waals surface area contributed by atoms with Crippen LogP contribution in [0.4, 0.5) is 5.00 Å².